The van der Waals surface area contributed by atoms with Crippen LogP contribution in [0.1, 0.15) is 103 Å². The molecule has 3 aromatic rings. The molecule has 14 nitrogen and oxygen atoms in total. The van der Waals surface area contributed by atoms with E-state index in [0.717, 1.165) is 42.4 Å². The van der Waals surface area contributed by atoms with Crippen molar-refractivity contribution in [3.05, 3.63) is 108 Å². The number of unbranched alkanes of at least 4 members (excludes halogenated alkanes) is 2. The van der Waals surface area contributed by atoms with Crippen molar-refractivity contribution in [2.45, 2.75) is 83.1 Å². The van der Waals surface area contributed by atoms with Crippen LogP contribution in [0.25, 0.3) is 0 Å². The normalized spacial score (nSPS) is 23.6. The fraction of sp³-hybridized carbons (Fsp3) is 0.489. The first-order valence-electron chi connectivity index (χ1n) is 20.6. The van der Waals surface area contributed by atoms with Crippen molar-refractivity contribution in [2.24, 2.45) is 22.9 Å². The van der Waals surface area contributed by atoms with Gasteiger partial charge in [-0.25, -0.2) is 14.3 Å². The van der Waals surface area contributed by atoms with Gasteiger partial charge in [-0.2, -0.15) is 0 Å². The number of aliphatic hydroxyl groups is 2. The molecule has 0 bridgehead atoms. The summed E-state index contributed by atoms with van der Waals surface area (Å²) in [4.78, 5) is 33.4. The Morgan fingerprint density at radius 1 is 0.966 bits per heavy atom. The fourth-order valence-electron chi connectivity index (χ4n) is 8.82. The van der Waals surface area contributed by atoms with Crippen molar-refractivity contribution in [1.82, 2.24) is 15.0 Å². The maximum atomic E-state index is 13.9. The van der Waals surface area contributed by atoms with Crippen LogP contribution >= 0.6 is 0 Å². The number of aliphatic hydroxyl groups excluding tert-OH is 2. The molecule has 0 amide bonds. The van der Waals surface area contributed by atoms with Gasteiger partial charge in [0.05, 0.1) is 31.5 Å². The molecule has 2 aromatic carbocycles. The van der Waals surface area contributed by atoms with Crippen LogP contribution in [0.3, 0.4) is 0 Å². The predicted octanol–water partition coefficient (Wildman–Crippen LogP) is 6.90. The van der Waals surface area contributed by atoms with Crippen molar-refractivity contribution < 1.29 is 48.3 Å². The largest absolute Gasteiger partial charge is 0.490 e. The number of ether oxygens (including phenoxy) is 5. The zero-order valence-electron chi connectivity index (χ0n) is 34.0. The van der Waals surface area contributed by atoms with Crippen molar-refractivity contribution in [3.8, 4) is 11.5 Å². The number of carbonyl (C=O) groups excluding carboxylic acids is 2. The van der Waals surface area contributed by atoms with Gasteiger partial charge in [-0.1, -0.05) is 78.3 Å². The van der Waals surface area contributed by atoms with Crippen LogP contribution in [0.15, 0.2) is 90.6 Å². The molecule has 316 valence electrons. The third kappa shape index (κ3) is 9.29. The highest BCUT2D eigenvalue weighted by Crippen LogP contribution is 2.63. The molecule has 6 atom stereocenters. The SMILES string of the molecule is C=CCOc1ccc2c(c1)C1C(CCCCO)C(CCCCO)C=C3C(=NOCc4ccccc4)CC(n4nnc(C(=O)OCC)c4C(=O)OCC)C(OCC=C)(O2)C31. The van der Waals surface area contributed by atoms with Gasteiger partial charge in [-0.05, 0) is 80.7 Å². The lowest BCUT2D eigenvalue weighted by atomic mass is 9.55. The highest BCUT2D eigenvalue weighted by molar-refractivity contribution is 6.03. The van der Waals surface area contributed by atoms with Crippen LogP contribution in [0.5, 0.6) is 11.5 Å². The summed E-state index contributed by atoms with van der Waals surface area (Å²) in [5.41, 5.74) is 2.79. The fourth-order valence-corrected chi connectivity index (χ4v) is 8.82. The summed E-state index contributed by atoms with van der Waals surface area (Å²) in [6.07, 6.45) is 10.1. The number of allylic oxidation sites excluding steroid dienone is 1. The first-order valence-corrected chi connectivity index (χ1v) is 20.6. The molecule has 2 heterocycles. The lowest BCUT2D eigenvalue weighted by Crippen LogP contribution is -2.63. The smallest absolute Gasteiger partial charge is 0.361 e. The lowest BCUT2D eigenvalue weighted by Gasteiger charge is -2.58. The quantitative estimate of drug-likeness (QED) is 0.0466. The molecule has 0 saturated heterocycles. The molecule has 0 radical (unpaired) electrons. The Morgan fingerprint density at radius 2 is 1.69 bits per heavy atom. The third-order valence-corrected chi connectivity index (χ3v) is 11.2. The van der Waals surface area contributed by atoms with Gasteiger partial charge >= 0.3 is 11.9 Å². The first-order chi connectivity index (χ1) is 28.8. The standard InChI is InChI=1S/C45H56N4O10/c1-5-24-56-32-20-21-37-35(27-32)39-33(19-13-15-23-51)31(18-12-14-22-50)26-34-36(47-58-29-30-16-10-9-11-17-30)28-38(45(59-37,40(34)39)57-25-6-2)49-42(44(53)55-8-4)41(46-48-49)43(52)54-7-3/h5-6,9-11,16-17,20-21,26-27,31,33,38-40,50-51H,1-2,7-8,12-15,18-19,22-25,28-29H2,3-4H3. The highest BCUT2D eigenvalue weighted by Gasteiger charge is 2.65. The maximum Gasteiger partial charge on any atom is 0.361 e. The van der Waals surface area contributed by atoms with Gasteiger partial charge in [0, 0.05) is 31.1 Å². The van der Waals surface area contributed by atoms with E-state index in [-0.39, 0.29) is 75.2 Å². The number of aromatic nitrogens is 3. The predicted molar refractivity (Wildman–Crippen MR) is 219 cm³/mol. The highest BCUT2D eigenvalue weighted by atomic mass is 16.7. The molecule has 6 rings (SSSR count). The molecule has 1 aromatic heterocycles. The van der Waals surface area contributed by atoms with E-state index in [1.54, 1.807) is 26.0 Å². The van der Waals surface area contributed by atoms with Gasteiger partial charge < -0.3 is 38.7 Å². The maximum absolute atomic E-state index is 13.9. The second kappa shape index (κ2) is 20.6. The molecule has 2 N–H and O–H groups in total. The van der Waals surface area contributed by atoms with Gasteiger partial charge in [0.2, 0.25) is 11.5 Å². The monoisotopic (exact) mass is 812 g/mol. The number of esters is 2. The molecule has 1 saturated carbocycles. The molecule has 1 aliphatic heterocycles. The summed E-state index contributed by atoms with van der Waals surface area (Å²) in [7, 11) is 0. The Balaban J connectivity index is 1.63. The number of hydrogen-bond acceptors (Lipinski definition) is 13. The number of hydrogen-bond donors (Lipinski definition) is 2. The Hall–Kier alpha value is -5.31. The van der Waals surface area contributed by atoms with Gasteiger partial charge in [-0.15, -0.1) is 11.7 Å². The molecule has 59 heavy (non-hydrogen) atoms. The minimum atomic E-state index is -1.58. The molecule has 2 aliphatic carbocycles. The van der Waals surface area contributed by atoms with Crippen molar-refractivity contribution in [2.75, 3.05) is 39.6 Å². The van der Waals surface area contributed by atoms with Crippen molar-refractivity contribution in [1.29, 1.82) is 0 Å². The van der Waals surface area contributed by atoms with E-state index in [9.17, 15) is 19.8 Å². The molecular formula is C45H56N4O10. The van der Waals surface area contributed by atoms with E-state index in [2.05, 4.69) is 29.5 Å². The summed E-state index contributed by atoms with van der Waals surface area (Å²) in [5.74, 6) is -2.86. The number of benzene rings is 2. The van der Waals surface area contributed by atoms with Crippen LogP contribution in [0.2, 0.25) is 0 Å². The topological polar surface area (TPSA) is 173 Å². The molecule has 6 unspecified atom stereocenters. The average Bonchev–Trinajstić information content (AvgIpc) is 3.69. The molecular weight excluding hydrogens is 757 g/mol. The van der Waals surface area contributed by atoms with Crippen molar-refractivity contribution in [3.63, 3.8) is 0 Å². The minimum absolute atomic E-state index is 0.00129. The van der Waals surface area contributed by atoms with E-state index in [4.69, 9.17) is 33.7 Å². The van der Waals surface area contributed by atoms with Crippen LogP contribution in [-0.4, -0.2) is 88.3 Å². The second-order valence-electron chi connectivity index (χ2n) is 14.8. The molecule has 0 spiro atoms. The Kier molecular flexibility index (Phi) is 15.1. The van der Waals surface area contributed by atoms with Crippen LogP contribution in [-0.2, 0) is 25.7 Å². The third-order valence-electron chi connectivity index (χ3n) is 11.2. The Morgan fingerprint density at radius 3 is 2.41 bits per heavy atom. The summed E-state index contributed by atoms with van der Waals surface area (Å²) >= 11 is 0. The number of carbonyl (C=O) groups is 2. The number of oxime groups is 1. The zero-order chi connectivity index (χ0) is 41.8. The number of rotatable bonds is 22. The molecule has 3 aliphatic rings. The van der Waals surface area contributed by atoms with E-state index in [1.165, 1.54) is 4.68 Å². The summed E-state index contributed by atoms with van der Waals surface area (Å²) in [6.45, 7) is 11.9. The molecule has 1 fully saturated rings. The summed E-state index contributed by atoms with van der Waals surface area (Å²) in [5, 5.41) is 33.3. The van der Waals surface area contributed by atoms with E-state index in [1.807, 2.05) is 48.5 Å². The average molecular weight is 813 g/mol. The van der Waals surface area contributed by atoms with Crippen LogP contribution < -0.4 is 9.47 Å². The van der Waals surface area contributed by atoms with Crippen LogP contribution in [0.4, 0.5) is 0 Å². The lowest BCUT2D eigenvalue weighted by molar-refractivity contribution is -0.252. The Bertz CT molecular complexity index is 1980. The van der Waals surface area contributed by atoms with Crippen LogP contribution in [0, 0.1) is 17.8 Å². The minimum Gasteiger partial charge on any atom is -0.490 e. The second-order valence-corrected chi connectivity index (χ2v) is 14.8. The number of fused-ring (bicyclic) bond motifs is 2. The van der Waals surface area contributed by atoms with Gasteiger partial charge in [0.1, 0.15) is 30.8 Å². The number of nitrogens with zero attached hydrogens (tertiary/aromatic N) is 4. The van der Waals surface area contributed by atoms with E-state index < -0.39 is 29.7 Å². The molecule has 14 heteroatoms. The van der Waals surface area contributed by atoms with Gasteiger partial charge in [0.25, 0.3) is 0 Å². The summed E-state index contributed by atoms with van der Waals surface area (Å²) < 4.78 is 32.5. The van der Waals surface area contributed by atoms with E-state index >= 15 is 0 Å². The Labute approximate surface area is 345 Å². The van der Waals surface area contributed by atoms with Gasteiger partial charge in [0.15, 0.2) is 5.69 Å². The first kappa shape index (κ1) is 43.3. The van der Waals surface area contributed by atoms with E-state index in [0.29, 0.717) is 36.7 Å². The van der Waals surface area contributed by atoms with Gasteiger partial charge in [-0.3, -0.25) is 0 Å². The summed E-state index contributed by atoms with van der Waals surface area (Å²) in [6, 6.07) is 14.5. The zero-order valence-corrected chi connectivity index (χ0v) is 34.0. The van der Waals surface area contributed by atoms with Crippen molar-refractivity contribution >= 4 is 17.7 Å².